The van der Waals surface area contributed by atoms with Gasteiger partial charge in [-0.2, -0.15) is 0 Å². The van der Waals surface area contributed by atoms with Crippen molar-refractivity contribution in [1.82, 2.24) is 19.5 Å². The first-order valence-corrected chi connectivity index (χ1v) is 8.96. The highest BCUT2D eigenvalue weighted by atomic mass is 32.2. The van der Waals surface area contributed by atoms with Crippen molar-refractivity contribution in [2.45, 2.75) is 30.8 Å². The van der Waals surface area contributed by atoms with Crippen LogP contribution in [0, 0.1) is 0 Å². The molecule has 0 aliphatic rings. The highest BCUT2D eigenvalue weighted by molar-refractivity contribution is 7.98. The number of imidazole rings is 1. The number of carbonyl (C=O) groups excluding carboxylic acids is 1. The van der Waals surface area contributed by atoms with Crippen molar-refractivity contribution in [2.24, 2.45) is 0 Å². The molecule has 0 saturated heterocycles. The van der Waals surface area contributed by atoms with Gasteiger partial charge in [-0.1, -0.05) is 49.0 Å². The summed E-state index contributed by atoms with van der Waals surface area (Å²) >= 11 is 1.52. The van der Waals surface area contributed by atoms with E-state index in [0.717, 1.165) is 5.75 Å². The summed E-state index contributed by atoms with van der Waals surface area (Å²) in [6, 6.07) is 10.1. The Balaban J connectivity index is 1.74. The van der Waals surface area contributed by atoms with E-state index in [1.54, 1.807) is 13.3 Å². The van der Waals surface area contributed by atoms with Crippen LogP contribution in [0.15, 0.2) is 41.8 Å². The minimum atomic E-state index is -0.224. The van der Waals surface area contributed by atoms with E-state index < -0.39 is 0 Å². The van der Waals surface area contributed by atoms with Gasteiger partial charge in [-0.3, -0.25) is 4.79 Å². The number of anilines is 1. The summed E-state index contributed by atoms with van der Waals surface area (Å²) in [5.74, 6) is 0.885. The second-order valence-corrected chi connectivity index (χ2v) is 6.29. The maximum atomic E-state index is 11.2. The van der Waals surface area contributed by atoms with Crippen LogP contribution in [0.4, 0.5) is 5.82 Å². The molecule has 8 heteroatoms. The van der Waals surface area contributed by atoms with Gasteiger partial charge in [0.2, 0.25) is 0 Å². The Labute approximate surface area is 149 Å². The summed E-state index contributed by atoms with van der Waals surface area (Å²) in [5, 5.41) is 0.598. The Morgan fingerprint density at radius 3 is 2.84 bits per heavy atom. The van der Waals surface area contributed by atoms with Crippen molar-refractivity contribution in [2.75, 3.05) is 12.3 Å². The van der Waals surface area contributed by atoms with Crippen LogP contribution in [0.3, 0.4) is 0 Å². The van der Waals surface area contributed by atoms with Gasteiger partial charge in [0.15, 0.2) is 16.6 Å². The number of nitrogen functional groups attached to an aromatic ring is 1. The highest BCUT2D eigenvalue weighted by Gasteiger charge is 2.12. The number of hydrogen-bond donors (Lipinski definition) is 1. The lowest BCUT2D eigenvalue weighted by Gasteiger charge is -2.06. The normalized spacial score (nSPS) is 10.9. The van der Waals surface area contributed by atoms with E-state index in [1.807, 2.05) is 22.8 Å². The van der Waals surface area contributed by atoms with Crippen LogP contribution in [-0.2, 0) is 21.8 Å². The van der Waals surface area contributed by atoms with Gasteiger partial charge in [0.1, 0.15) is 12.1 Å². The first-order valence-electron chi connectivity index (χ1n) is 7.98. The zero-order chi connectivity index (χ0) is 17.6. The molecule has 25 heavy (non-hydrogen) atoms. The molecule has 0 spiro atoms. The molecule has 3 rings (SSSR count). The lowest BCUT2D eigenvalue weighted by Crippen LogP contribution is -2.10. The number of nitrogens with zero attached hydrogens (tertiary/aromatic N) is 4. The SMILES string of the molecule is CCC(=O)OCCn1cnc2c(N)nc(SCc3ccccc3)nc21. The third-order valence-electron chi connectivity index (χ3n) is 3.57. The van der Waals surface area contributed by atoms with Crippen LogP contribution in [-0.4, -0.2) is 32.1 Å². The number of ether oxygens (including phenoxy) is 1. The zero-order valence-corrected chi connectivity index (χ0v) is 14.7. The molecule has 0 bridgehead atoms. The Morgan fingerprint density at radius 1 is 1.28 bits per heavy atom. The minimum absolute atomic E-state index is 0.224. The number of rotatable bonds is 7. The maximum Gasteiger partial charge on any atom is 0.305 e. The highest BCUT2D eigenvalue weighted by Crippen LogP contribution is 2.24. The smallest absolute Gasteiger partial charge is 0.305 e. The summed E-state index contributed by atoms with van der Waals surface area (Å²) in [7, 11) is 0. The van der Waals surface area contributed by atoms with Gasteiger partial charge in [-0.25, -0.2) is 15.0 Å². The van der Waals surface area contributed by atoms with Gasteiger partial charge in [0, 0.05) is 12.2 Å². The van der Waals surface area contributed by atoms with Gasteiger partial charge < -0.3 is 15.0 Å². The number of esters is 1. The van der Waals surface area contributed by atoms with E-state index in [1.165, 1.54) is 17.3 Å². The van der Waals surface area contributed by atoms with E-state index in [4.69, 9.17) is 10.5 Å². The number of nitrogens with two attached hydrogens (primary N) is 1. The zero-order valence-electron chi connectivity index (χ0n) is 13.9. The fourth-order valence-electron chi connectivity index (χ4n) is 2.26. The van der Waals surface area contributed by atoms with Crippen LogP contribution in [0.1, 0.15) is 18.9 Å². The molecule has 2 heterocycles. The third kappa shape index (κ3) is 4.27. The first kappa shape index (κ1) is 17.2. The molecule has 0 aliphatic carbocycles. The van der Waals surface area contributed by atoms with Crippen LogP contribution < -0.4 is 5.73 Å². The molecule has 2 N–H and O–H groups in total. The van der Waals surface area contributed by atoms with Gasteiger partial charge in [-0.15, -0.1) is 0 Å². The van der Waals surface area contributed by atoms with Crippen LogP contribution in [0.2, 0.25) is 0 Å². The maximum absolute atomic E-state index is 11.2. The van der Waals surface area contributed by atoms with Crippen LogP contribution in [0.25, 0.3) is 11.2 Å². The number of carbonyl (C=O) groups is 1. The van der Waals surface area contributed by atoms with E-state index in [0.29, 0.717) is 35.1 Å². The molecule has 0 radical (unpaired) electrons. The largest absolute Gasteiger partial charge is 0.464 e. The van der Waals surface area contributed by atoms with E-state index in [-0.39, 0.29) is 12.6 Å². The molecule has 3 aromatic rings. The first-order chi connectivity index (χ1) is 12.2. The molecule has 0 aliphatic heterocycles. The summed E-state index contributed by atoms with van der Waals surface area (Å²) in [4.78, 5) is 24.4. The fourth-order valence-corrected chi connectivity index (χ4v) is 3.06. The number of fused-ring (bicyclic) bond motifs is 1. The molecule has 7 nitrogen and oxygen atoms in total. The topological polar surface area (TPSA) is 95.9 Å². The quantitative estimate of drug-likeness (QED) is 0.394. The van der Waals surface area contributed by atoms with Crippen molar-refractivity contribution in [3.63, 3.8) is 0 Å². The lowest BCUT2D eigenvalue weighted by molar-refractivity contribution is -0.143. The Hall–Kier alpha value is -2.61. The Kier molecular flexibility index (Phi) is 5.49. The van der Waals surface area contributed by atoms with Crippen molar-refractivity contribution in [3.8, 4) is 0 Å². The predicted octanol–water partition coefficient (Wildman–Crippen LogP) is 2.65. The average molecular weight is 357 g/mol. The van der Waals surface area contributed by atoms with E-state index in [2.05, 4.69) is 27.1 Å². The molecule has 0 unspecified atom stereocenters. The summed E-state index contributed by atoms with van der Waals surface area (Å²) in [5.41, 5.74) is 8.41. The van der Waals surface area contributed by atoms with Gasteiger partial charge in [0.05, 0.1) is 12.9 Å². The standard InChI is InChI=1S/C17H19N5O2S/c1-2-13(23)24-9-8-22-11-19-14-15(18)20-17(21-16(14)22)25-10-12-6-4-3-5-7-12/h3-7,11H,2,8-10H2,1H3,(H2,18,20,21). The molecule has 0 fully saturated rings. The monoisotopic (exact) mass is 357 g/mol. The van der Waals surface area contributed by atoms with Crippen molar-refractivity contribution < 1.29 is 9.53 Å². The third-order valence-corrected chi connectivity index (χ3v) is 4.48. The van der Waals surface area contributed by atoms with Crippen molar-refractivity contribution in [3.05, 3.63) is 42.2 Å². The minimum Gasteiger partial charge on any atom is -0.464 e. The second kappa shape index (κ2) is 7.98. The lowest BCUT2D eigenvalue weighted by atomic mass is 10.2. The molecule has 1 aromatic carbocycles. The number of benzene rings is 1. The Bertz CT molecular complexity index is 866. The summed E-state index contributed by atoms with van der Waals surface area (Å²) in [6.45, 7) is 2.51. The van der Waals surface area contributed by atoms with Crippen molar-refractivity contribution in [1.29, 1.82) is 0 Å². The van der Waals surface area contributed by atoms with Gasteiger partial charge in [0.25, 0.3) is 0 Å². The average Bonchev–Trinajstić information content (AvgIpc) is 3.04. The van der Waals surface area contributed by atoms with Crippen LogP contribution >= 0.6 is 11.8 Å². The Morgan fingerprint density at radius 2 is 2.08 bits per heavy atom. The second-order valence-electron chi connectivity index (χ2n) is 5.35. The molecule has 130 valence electrons. The van der Waals surface area contributed by atoms with Crippen molar-refractivity contribution >= 4 is 34.7 Å². The molecule has 0 amide bonds. The van der Waals surface area contributed by atoms with E-state index >= 15 is 0 Å². The number of hydrogen-bond acceptors (Lipinski definition) is 7. The molecular formula is C17H19N5O2S. The van der Waals surface area contributed by atoms with Gasteiger partial charge >= 0.3 is 5.97 Å². The number of aromatic nitrogens is 4. The van der Waals surface area contributed by atoms with Gasteiger partial charge in [-0.05, 0) is 5.56 Å². The summed E-state index contributed by atoms with van der Waals surface area (Å²) < 4.78 is 6.93. The summed E-state index contributed by atoms with van der Waals surface area (Å²) in [6.07, 6.45) is 2.00. The molecule has 0 saturated carbocycles. The molecular weight excluding hydrogens is 338 g/mol. The van der Waals surface area contributed by atoms with Crippen LogP contribution in [0.5, 0.6) is 0 Å². The fraction of sp³-hybridized carbons (Fsp3) is 0.294. The molecule has 0 atom stereocenters. The molecule has 2 aromatic heterocycles. The van der Waals surface area contributed by atoms with E-state index in [9.17, 15) is 4.79 Å². The number of thioether (sulfide) groups is 1. The predicted molar refractivity (Wildman–Crippen MR) is 97.0 cm³/mol.